The van der Waals surface area contributed by atoms with Crippen molar-refractivity contribution >= 4 is 27.1 Å². The Hall–Kier alpha value is -1.56. The summed E-state index contributed by atoms with van der Waals surface area (Å²) in [6, 6.07) is 5.12. The molecular weight excluding hydrogens is 276 g/mol. The fourth-order valence-electron chi connectivity index (χ4n) is 1.65. The first-order valence-electron chi connectivity index (χ1n) is 6.56. The topological polar surface area (TPSA) is 89.3 Å². The molecule has 0 radical (unpaired) electrons. The van der Waals surface area contributed by atoms with Crippen molar-refractivity contribution in [1.82, 2.24) is 0 Å². The van der Waals surface area contributed by atoms with Gasteiger partial charge in [-0.2, -0.15) is 0 Å². The van der Waals surface area contributed by atoms with Crippen LogP contribution in [0, 0.1) is 12.8 Å². The summed E-state index contributed by atoms with van der Waals surface area (Å²) in [6.07, 6.45) is 0.562. The molecule has 0 aliphatic carbocycles. The lowest BCUT2D eigenvalue weighted by Gasteiger charge is -2.10. The molecule has 112 valence electrons. The molecule has 1 amide bonds. The molecule has 0 aliphatic rings. The van der Waals surface area contributed by atoms with Gasteiger partial charge in [0.1, 0.15) is 5.75 Å². The van der Waals surface area contributed by atoms with Crippen LogP contribution in [0.2, 0.25) is 0 Å². The second-order valence-electron chi connectivity index (χ2n) is 5.40. The molecule has 1 rings (SSSR count). The minimum atomic E-state index is -3.36. The molecule has 5 nitrogen and oxygen atoms in total. The van der Waals surface area contributed by atoms with Gasteiger partial charge in [-0.05, 0) is 37.0 Å². The van der Waals surface area contributed by atoms with Gasteiger partial charge in [-0.15, -0.1) is 0 Å². The van der Waals surface area contributed by atoms with Crippen LogP contribution in [0.5, 0.6) is 0 Å². The fraction of sp³-hybridized carbons (Fsp3) is 0.500. The molecule has 0 unspecified atom stereocenters. The third-order valence-electron chi connectivity index (χ3n) is 2.89. The predicted molar refractivity (Wildman–Crippen MR) is 82.3 cm³/mol. The summed E-state index contributed by atoms with van der Waals surface area (Å²) in [6.45, 7) is 5.72. The van der Waals surface area contributed by atoms with Gasteiger partial charge in [0.25, 0.3) is 0 Å². The predicted octanol–water partition coefficient (Wildman–Crippen LogP) is 1.98. The number of sulfone groups is 1. The highest BCUT2D eigenvalue weighted by Gasteiger charge is 2.17. The summed E-state index contributed by atoms with van der Waals surface area (Å²) >= 11 is 0. The van der Waals surface area contributed by atoms with E-state index in [1.54, 1.807) is 18.2 Å². The summed E-state index contributed by atoms with van der Waals surface area (Å²) < 4.78 is 23.6. The minimum absolute atomic E-state index is 0.0357. The molecule has 20 heavy (non-hydrogen) atoms. The smallest absolute Gasteiger partial charge is 0.239 e. The highest BCUT2D eigenvalue weighted by molar-refractivity contribution is 7.92. The number of anilines is 2. The van der Waals surface area contributed by atoms with Gasteiger partial charge in [0.15, 0.2) is 9.84 Å². The van der Waals surface area contributed by atoms with Crippen molar-refractivity contribution < 1.29 is 13.2 Å². The Morgan fingerprint density at radius 2 is 2.00 bits per heavy atom. The lowest BCUT2D eigenvalue weighted by molar-refractivity contribution is -0.113. The lowest BCUT2D eigenvalue weighted by Crippen LogP contribution is -2.25. The van der Waals surface area contributed by atoms with Crippen molar-refractivity contribution in [1.29, 1.82) is 0 Å². The Morgan fingerprint density at radius 1 is 1.35 bits per heavy atom. The number of rotatable bonds is 6. The number of carbonyl (C=O) groups excluding carboxylic acids is 1. The van der Waals surface area contributed by atoms with E-state index in [-0.39, 0.29) is 5.75 Å². The molecule has 1 aromatic rings. The first-order chi connectivity index (χ1) is 9.19. The molecule has 0 spiro atoms. The summed E-state index contributed by atoms with van der Waals surface area (Å²) in [5.41, 5.74) is 7.55. The average molecular weight is 298 g/mol. The van der Waals surface area contributed by atoms with Crippen molar-refractivity contribution in [2.24, 2.45) is 5.92 Å². The summed E-state index contributed by atoms with van der Waals surface area (Å²) in [5.74, 6) is -0.687. The van der Waals surface area contributed by atoms with E-state index in [0.29, 0.717) is 23.7 Å². The van der Waals surface area contributed by atoms with Crippen LogP contribution in [0.15, 0.2) is 18.2 Å². The van der Waals surface area contributed by atoms with Crippen LogP contribution in [0.4, 0.5) is 11.4 Å². The van der Waals surface area contributed by atoms with Gasteiger partial charge in [0.05, 0.1) is 5.75 Å². The first kappa shape index (κ1) is 16.5. The second kappa shape index (κ2) is 6.74. The van der Waals surface area contributed by atoms with E-state index in [1.165, 1.54) is 0 Å². The molecule has 0 heterocycles. The van der Waals surface area contributed by atoms with Crippen LogP contribution < -0.4 is 11.1 Å². The van der Waals surface area contributed by atoms with Gasteiger partial charge in [-0.25, -0.2) is 8.42 Å². The second-order valence-corrected chi connectivity index (χ2v) is 7.58. The molecule has 0 aromatic heterocycles. The third kappa shape index (κ3) is 5.61. The molecule has 6 heteroatoms. The van der Waals surface area contributed by atoms with Crippen molar-refractivity contribution in [3.63, 3.8) is 0 Å². The average Bonchev–Trinajstić information content (AvgIpc) is 2.31. The minimum Gasteiger partial charge on any atom is -0.399 e. The Bertz CT molecular complexity index is 580. The number of hydrogen-bond donors (Lipinski definition) is 2. The van der Waals surface area contributed by atoms with Gasteiger partial charge < -0.3 is 11.1 Å². The zero-order valence-electron chi connectivity index (χ0n) is 12.1. The van der Waals surface area contributed by atoms with E-state index in [2.05, 4.69) is 5.32 Å². The third-order valence-corrected chi connectivity index (χ3v) is 4.45. The number of carbonyl (C=O) groups is 1. The Morgan fingerprint density at radius 3 is 2.60 bits per heavy atom. The van der Waals surface area contributed by atoms with Crippen molar-refractivity contribution in [3.8, 4) is 0 Å². The Kier molecular flexibility index (Phi) is 5.56. The molecule has 0 aliphatic heterocycles. The maximum absolute atomic E-state index is 11.8. The molecule has 0 saturated carbocycles. The quantitative estimate of drug-likeness (QED) is 0.786. The largest absolute Gasteiger partial charge is 0.399 e. The number of hydrogen-bond acceptors (Lipinski definition) is 4. The van der Waals surface area contributed by atoms with E-state index >= 15 is 0 Å². The molecule has 0 atom stereocenters. The highest BCUT2D eigenvalue weighted by atomic mass is 32.2. The molecule has 1 aromatic carbocycles. The maximum atomic E-state index is 11.8. The fourth-order valence-corrected chi connectivity index (χ4v) is 3.09. The Balaban J connectivity index is 2.66. The zero-order valence-corrected chi connectivity index (χ0v) is 13.0. The number of amides is 1. The summed E-state index contributed by atoms with van der Waals surface area (Å²) in [7, 11) is -3.36. The van der Waals surface area contributed by atoms with E-state index in [4.69, 9.17) is 5.73 Å². The van der Waals surface area contributed by atoms with Crippen molar-refractivity contribution in [2.45, 2.75) is 27.2 Å². The first-order valence-corrected chi connectivity index (χ1v) is 8.38. The number of benzene rings is 1. The number of aryl methyl sites for hydroxylation is 1. The summed E-state index contributed by atoms with van der Waals surface area (Å²) in [4.78, 5) is 11.8. The lowest BCUT2D eigenvalue weighted by atomic mass is 10.2. The van der Waals surface area contributed by atoms with E-state index in [9.17, 15) is 13.2 Å². The van der Waals surface area contributed by atoms with E-state index in [0.717, 1.165) is 5.56 Å². The summed E-state index contributed by atoms with van der Waals surface area (Å²) in [5, 5.41) is 2.60. The SMILES string of the molecule is Cc1ccc(N)cc1NC(=O)CS(=O)(=O)CCC(C)C. The number of nitrogens with one attached hydrogen (secondary N) is 1. The van der Waals surface area contributed by atoms with E-state index in [1.807, 2.05) is 20.8 Å². The number of nitrogen functional groups attached to an aromatic ring is 1. The van der Waals surface area contributed by atoms with Crippen molar-refractivity contribution in [2.75, 3.05) is 22.6 Å². The number of nitrogens with two attached hydrogens (primary N) is 1. The van der Waals surface area contributed by atoms with Crippen LogP contribution in [0.3, 0.4) is 0 Å². The van der Waals surface area contributed by atoms with Gasteiger partial charge >= 0.3 is 0 Å². The van der Waals surface area contributed by atoms with Crippen LogP contribution in [-0.2, 0) is 14.6 Å². The van der Waals surface area contributed by atoms with Crippen LogP contribution in [0.1, 0.15) is 25.8 Å². The molecule has 0 fully saturated rings. The van der Waals surface area contributed by atoms with Gasteiger partial charge in [0, 0.05) is 11.4 Å². The van der Waals surface area contributed by atoms with Crippen LogP contribution in [-0.4, -0.2) is 25.8 Å². The monoisotopic (exact) mass is 298 g/mol. The zero-order chi connectivity index (χ0) is 15.3. The van der Waals surface area contributed by atoms with Crippen LogP contribution >= 0.6 is 0 Å². The van der Waals surface area contributed by atoms with E-state index < -0.39 is 21.5 Å². The standard InChI is InChI=1S/C14H22N2O3S/c1-10(2)6-7-20(18,19)9-14(17)16-13-8-12(15)5-4-11(13)3/h4-5,8,10H,6-7,9,15H2,1-3H3,(H,16,17). The molecule has 0 bridgehead atoms. The normalized spacial score (nSPS) is 11.6. The maximum Gasteiger partial charge on any atom is 0.239 e. The highest BCUT2D eigenvalue weighted by Crippen LogP contribution is 2.18. The van der Waals surface area contributed by atoms with Gasteiger partial charge in [-0.1, -0.05) is 19.9 Å². The molecular formula is C14H22N2O3S. The molecule has 3 N–H and O–H groups in total. The van der Waals surface area contributed by atoms with Crippen molar-refractivity contribution in [3.05, 3.63) is 23.8 Å². The van der Waals surface area contributed by atoms with Gasteiger partial charge in [-0.3, -0.25) is 4.79 Å². The van der Waals surface area contributed by atoms with Crippen LogP contribution in [0.25, 0.3) is 0 Å². The Labute approximate surface area is 120 Å². The van der Waals surface area contributed by atoms with Gasteiger partial charge in [0.2, 0.25) is 5.91 Å². The molecule has 0 saturated heterocycles.